The van der Waals surface area contributed by atoms with Crippen LogP contribution in [0.25, 0.3) is 10.7 Å². The Balaban J connectivity index is 0.00000132. The summed E-state index contributed by atoms with van der Waals surface area (Å²) in [6, 6.07) is 0. The largest absolute Gasteiger partial charge is 0.351 e. The van der Waals surface area contributed by atoms with Crippen molar-refractivity contribution in [2.75, 3.05) is 19.6 Å². The number of hydrogen-bond donors (Lipinski definition) is 2. The smallest absolute Gasteiger partial charge is 0.270 e. The lowest BCUT2D eigenvalue weighted by Gasteiger charge is -2.08. The minimum absolute atomic E-state index is 0. The van der Waals surface area contributed by atoms with E-state index in [1.165, 1.54) is 17.8 Å². The fraction of sp³-hybridized carbons (Fsp3) is 0.429. The summed E-state index contributed by atoms with van der Waals surface area (Å²) in [6.45, 7) is 2.85. The van der Waals surface area contributed by atoms with Gasteiger partial charge in [0.05, 0.1) is 6.20 Å². The Morgan fingerprint density at radius 2 is 2.26 bits per heavy atom. The molecule has 2 N–H and O–H groups in total. The number of rotatable bonds is 5. The highest BCUT2D eigenvalue weighted by Gasteiger charge is 2.16. The third-order valence-electron chi connectivity index (χ3n) is 3.52. The third-order valence-corrected chi connectivity index (χ3v) is 4.38. The van der Waals surface area contributed by atoms with E-state index < -0.39 is 0 Å². The number of halogens is 2. The van der Waals surface area contributed by atoms with E-state index in [4.69, 9.17) is 0 Å². The molecule has 1 atom stereocenters. The summed E-state index contributed by atoms with van der Waals surface area (Å²) in [5.74, 6) is 0.559. The van der Waals surface area contributed by atoms with Gasteiger partial charge in [-0.2, -0.15) is 0 Å². The molecule has 9 heteroatoms. The highest BCUT2D eigenvalue weighted by atomic mass is 35.5. The van der Waals surface area contributed by atoms with Gasteiger partial charge in [0.15, 0.2) is 0 Å². The van der Waals surface area contributed by atoms with E-state index in [0.717, 1.165) is 19.5 Å². The standard InChI is InChI=1S/C14H17N5OS.2ClH/c20-13(18-4-2-10-1-3-15-7-10)12-9-21-14(19-12)11-8-16-5-6-17-11;;/h5-6,8-10,15H,1-4,7H2,(H,18,20);2*1H. The average molecular weight is 376 g/mol. The van der Waals surface area contributed by atoms with Crippen LogP contribution in [0.2, 0.25) is 0 Å². The molecule has 1 saturated heterocycles. The van der Waals surface area contributed by atoms with Crippen LogP contribution in [0.15, 0.2) is 24.0 Å². The zero-order valence-electron chi connectivity index (χ0n) is 12.4. The van der Waals surface area contributed by atoms with Crippen molar-refractivity contribution >= 4 is 42.1 Å². The molecule has 0 bridgehead atoms. The van der Waals surface area contributed by atoms with Crippen LogP contribution < -0.4 is 10.6 Å². The van der Waals surface area contributed by atoms with Gasteiger partial charge in [-0.05, 0) is 31.8 Å². The Bertz CT molecular complexity index is 604. The van der Waals surface area contributed by atoms with Gasteiger partial charge in [0, 0.05) is 24.3 Å². The number of carbonyl (C=O) groups excluding carboxylic acids is 1. The van der Waals surface area contributed by atoms with Crippen LogP contribution in [0.5, 0.6) is 0 Å². The first kappa shape index (κ1) is 19.8. The van der Waals surface area contributed by atoms with Crippen LogP contribution >= 0.6 is 36.2 Å². The average Bonchev–Trinajstić information content (AvgIpc) is 3.20. The first-order valence-corrected chi connectivity index (χ1v) is 7.92. The van der Waals surface area contributed by atoms with Crippen molar-refractivity contribution in [1.82, 2.24) is 25.6 Å². The highest BCUT2D eigenvalue weighted by molar-refractivity contribution is 7.13. The van der Waals surface area contributed by atoms with Crippen LogP contribution in [0.4, 0.5) is 0 Å². The summed E-state index contributed by atoms with van der Waals surface area (Å²) in [6.07, 6.45) is 7.09. The number of carbonyl (C=O) groups is 1. The van der Waals surface area contributed by atoms with Crippen LogP contribution in [-0.4, -0.2) is 40.5 Å². The van der Waals surface area contributed by atoms with Crippen molar-refractivity contribution < 1.29 is 4.79 Å². The molecule has 1 amide bonds. The molecule has 126 valence electrons. The number of hydrogen-bond acceptors (Lipinski definition) is 6. The van der Waals surface area contributed by atoms with E-state index in [0.29, 0.717) is 28.9 Å². The Hall–Kier alpha value is -1.28. The predicted octanol–water partition coefficient (Wildman–Crippen LogP) is 2.17. The van der Waals surface area contributed by atoms with Crippen molar-refractivity contribution in [2.45, 2.75) is 12.8 Å². The summed E-state index contributed by atoms with van der Waals surface area (Å²) in [5.41, 5.74) is 1.14. The molecule has 2 aromatic heterocycles. The monoisotopic (exact) mass is 375 g/mol. The highest BCUT2D eigenvalue weighted by Crippen LogP contribution is 2.20. The lowest BCUT2D eigenvalue weighted by Crippen LogP contribution is -2.26. The van der Waals surface area contributed by atoms with Gasteiger partial charge in [0.1, 0.15) is 16.4 Å². The molecule has 3 heterocycles. The quantitative estimate of drug-likeness (QED) is 0.836. The Kier molecular flexibility index (Phi) is 8.40. The van der Waals surface area contributed by atoms with Gasteiger partial charge < -0.3 is 10.6 Å². The summed E-state index contributed by atoms with van der Waals surface area (Å²) in [4.78, 5) is 24.6. The third kappa shape index (κ3) is 5.39. The van der Waals surface area contributed by atoms with E-state index in [1.54, 1.807) is 24.0 Å². The molecule has 1 unspecified atom stereocenters. The molecule has 1 aliphatic rings. The van der Waals surface area contributed by atoms with E-state index in [9.17, 15) is 4.79 Å². The van der Waals surface area contributed by atoms with E-state index in [2.05, 4.69) is 25.6 Å². The molecule has 1 fully saturated rings. The molecule has 3 rings (SSSR count). The Labute approximate surface area is 151 Å². The van der Waals surface area contributed by atoms with E-state index >= 15 is 0 Å². The normalized spacial score (nSPS) is 16.3. The SMILES string of the molecule is Cl.Cl.O=C(NCCC1CCNC1)c1csc(-c2cnccn2)n1. The molecule has 0 radical (unpaired) electrons. The van der Waals surface area contributed by atoms with Gasteiger partial charge in [0.2, 0.25) is 0 Å². The van der Waals surface area contributed by atoms with Crippen LogP contribution in [-0.2, 0) is 0 Å². The second-order valence-corrected chi connectivity index (χ2v) is 5.89. The summed E-state index contributed by atoms with van der Waals surface area (Å²) < 4.78 is 0. The lowest BCUT2D eigenvalue weighted by molar-refractivity contribution is 0.0947. The van der Waals surface area contributed by atoms with Gasteiger partial charge >= 0.3 is 0 Å². The van der Waals surface area contributed by atoms with Gasteiger partial charge in [-0.15, -0.1) is 36.2 Å². The first-order valence-electron chi connectivity index (χ1n) is 7.04. The second kappa shape index (κ2) is 9.77. The van der Waals surface area contributed by atoms with Crippen LogP contribution in [0, 0.1) is 5.92 Å². The number of thiazole rings is 1. The molecule has 1 aliphatic heterocycles. The fourth-order valence-electron chi connectivity index (χ4n) is 2.35. The van der Waals surface area contributed by atoms with Gasteiger partial charge in [-0.3, -0.25) is 14.8 Å². The van der Waals surface area contributed by atoms with Gasteiger partial charge in [0.25, 0.3) is 5.91 Å². The lowest BCUT2D eigenvalue weighted by atomic mass is 10.1. The van der Waals surface area contributed by atoms with Crippen molar-refractivity contribution in [3.63, 3.8) is 0 Å². The first-order chi connectivity index (χ1) is 10.3. The molecular formula is C14H19Cl2N5OS. The Morgan fingerprint density at radius 3 is 2.96 bits per heavy atom. The van der Waals surface area contributed by atoms with E-state index in [1.807, 2.05) is 0 Å². The molecule has 6 nitrogen and oxygen atoms in total. The predicted molar refractivity (Wildman–Crippen MR) is 95.6 cm³/mol. The van der Waals surface area contributed by atoms with Crippen LogP contribution in [0.3, 0.4) is 0 Å². The Morgan fingerprint density at radius 1 is 1.39 bits per heavy atom. The summed E-state index contributed by atoms with van der Waals surface area (Å²) in [5, 5.41) is 8.74. The number of aromatic nitrogens is 3. The van der Waals surface area contributed by atoms with Gasteiger partial charge in [-0.25, -0.2) is 4.98 Å². The summed E-state index contributed by atoms with van der Waals surface area (Å²) >= 11 is 1.41. The summed E-state index contributed by atoms with van der Waals surface area (Å²) in [7, 11) is 0. The maximum Gasteiger partial charge on any atom is 0.270 e. The zero-order valence-corrected chi connectivity index (χ0v) is 14.8. The maximum atomic E-state index is 12.0. The fourth-order valence-corrected chi connectivity index (χ4v) is 3.11. The van der Waals surface area contributed by atoms with Crippen molar-refractivity contribution in [3.8, 4) is 10.7 Å². The zero-order chi connectivity index (χ0) is 14.5. The number of nitrogens with one attached hydrogen (secondary N) is 2. The molecule has 0 saturated carbocycles. The molecule has 23 heavy (non-hydrogen) atoms. The molecule has 0 aromatic carbocycles. The molecule has 0 spiro atoms. The van der Waals surface area contributed by atoms with Gasteiger partial charge in [-0.1, -0.05) is 0 Å². The second-order valence-electron chi connectivity index (χ2n) is 5.03. The number of nitrogens with zero attached hydrogens (tertiary/aromatic N) is 3. The van der Waals surface area contributed by atoms with Crippen molar-refractivity contribution in [3.05, 3.63) is 29.7 Å². The van der Waals surface area contributed by atoms with Crippen LogP contribution in [0.1, 0.15) is 23.3 Å². The minimum atomic E-state index is -0.118. The molecular weight excluding hydrogens is 357 g/mol. The van der Waals surface area contributed by atoms with Crippen molar-refractivity contribution in [1.29, 1.82) is 0 Å². The minimum Gasteiger partial charge on any atom is -0.351 e. The van der Waals surface area contributed by atoms with E-state index in [-0.39, 0.29) is 30.7 Å². The topological polar surface area (TPSA) is 79.8 Å². The number of amides is 1. The molecule has 2 aromatic rings. The maximum absolute atomic E-state index is 12.0. The van der Waals surface area contributed by atoms with Crippen molar-refractivity contribution in [2.24, 2.45) is 5.92 Å². The molecule has 0 aliphatic carbocycles.